The standard InChI is InChI=1S/C27H34N6O/c1-2-29-11-13-30(14-12-29)24-7-5-21(6-8-24)23-19-26-25(9-10-28-33(26)20-23)31-15-17-32(18-16-31)27(34)22-3-4-22/h5-10,19-20,22H,2-4,11-18H2,1H3/i1D3,2D2. The van der Waals surface area contributed by atoms with Crippen LogP contribution in [0.1, 0.15) is 26.5 Å². The summed E-state index contributed by atoms with van der Waals surface area (Å²) in [5.74, 6) is 0.585. The Morgan fingerprint density at radius 3 is 2.41 bits per heavy atom. The molecule has 0 spiro atoms. The molecule has 3 aromatic rings. The SMILES string of the molecule is [2H]C([2H])([2H])C([2H])([2H])N1CCN(c2ccc(-c3cc4c(N5CCN(C(=O)C6CC6)CC5)ccnn4c3)cc2)CC1. The lowest BCUT2D eigenvalue weighted by Crippen LogP contribution is -2.49. The van der Waals surface area contributed by atoms with Crippen molar-refractivity contribution in [2.75, 3.05) is 68.7 Å². The summed E-state index contributed by atoms with van der Waals surface area (Å²) in [6.45, 7) is -0.00356. The van der Waals surface area contributed by atoms with Gasteiger partial charge in [-0.15, -0.1) is 0 Å². The molecule has 1 aromatic carbocycles. The number of likely N-dealkylation sites (N-methyl/N-ethyl adjacent to an activating group) is 1. The lowest BCUT2D eigenvalue weighted by Gasteiger charge is -2.36. The summed E-state index contributed by atoms with van der Waals surface area (Å²) in [4.78, 5) is 20.4. The second-order valence-electron chi connectivity index (χ2n) is 9.49. The lowest BCUT2D eigenvalue weighted by molar-refractivity contribution is -0.132. The Morgan fingerprint density at radius 2 is 1.71 bits per heavy atom. The molecule has 1 aliphatic carbocycles. The maximum Gasteiger partial charge on any atom is 0.225 e. The fourth-order valence-electron chi connectivity index (χ4n) is 5.12. The molecule has 3 fully saturated rings. The van der Waals surface area contributed by atoms with Gasteiger partial charge in [0, 0.05) is 88.8 Å². The maximum absolute atomic E-state index is 12.4. The van der Waals surface area contributed by atoms with E-state index in [1.807, 2.05) is 21.8 Å². The van der Waals surface area contributed by atoms with Gasteiger partial charge < -0.3 is 19.6 Å². The lowest BCUT2D eigenvalue weighted by atomic mass is 10.1. The van der Waals surface area contributed by atoms with Crippen LogP contribution in [0.2, 0.25) is 0 Å². The highest BCUT2D eigenvalue weighted by atomic mass is 16.2. The van der Waals surface area contributed by atoms with Crippen LogP contribution in [0.4, 0.5) is 11.4 Å². The fourth-order valence-corrected chi connectivity index (χ4v) is 5.12. The minimum atomic E-state index is -2.67. The van der Waals surface area contributed by atoms with E-state index in [9.17, 15) is 4.79 Å². The van der Waals surface area contributed by atoms with E-state index in [0.29, 0.717) is 32.1 Å². The van der Waals surface area contributed by atoms with Crippen molar-refractivity contribution >= 4 is 22.8 Å². The third-order valence-corrected chi connectivity index (χ3v) is 7.35. The summed E-state index contributed by atoms with van der Waals surface area (Å²) in [7, 11) is 0. The first kappa shape index (κ1) is 16.5. The number of rotatable bonds is 5. The Bertz CT molecular complexity index is 1340. The van der Waals surface area contributed by atoms with Crippen LogP contribution in [0.25, 0.3) is 16.6 Å². The third kappa shape index (κ3) is 4.13. The van der Waals surface area contributed by atoms with E-state index >= 15 is 0 Å². The number of aromatic nitrogens is 2. The Balaban J connectivity index is 1.13. The minimum Gasteiger partial charge on any atom is -0.369 e. The van der Waals surface area contributed by atoms with E-state index in [0.717, 1.165) is 67.0 Å². The minimum absolute atomic E-state index is 0.265. The van der Waals surface area contributed by atoms with E-state index in [1.54, 1.807) is 0 Å². The number of fused-ring (bicyclic) bond motifs is 1. The molecule has 7 heteroatoms. The Kier molecular flexibility index (Phi) is 4.35. The van der Waals surface area contributed by atoms with Crippen LogP contribution in [-0.2, 0) is 4.79 Å². The molecular formula is C27H34N6O. The molecule has 0 radical (unpaired) electrons. The molecular weight excluding hydrogens is 424 g/mol. The normalized spacial score (nSPS) is 22.7. The van der Waals surface area contributed by atoms with Gasteiger partial charge in [-0.1, -0.05) is 19.0 Å². The van der Waals surface area contributed by atoms with Gasteiger partial charge in [0.25, 0.3) is 0 Å². The number of carbonyl (C=O) groups is 1. The average molecular weight is 464 g/mol. The van der Waals surface area contributed by atoms with E-state index < -0.39 is 13.3 Å². The van der Waals surface area contributed by atoms with Crippen molar-refractivity contribution in [1.82, 2.24) is 19.4 Å². The van der Waals surface area contributed by atoms with E-state index in [2.05, 4.69) is 51.3 Å². The Hall–Kier alpha value is -3.06. The van der Waals surface area contributed by atoms with Gasteiger partial charge in [0.05, 0.1) is 11.2 Å². The topological polar surface area (TPSA) is 47.3 Å². The van der Waals surface area contributed by atoms with Crippen LogP contribution in [-0.4, -0.2) is 84.2 Å². The van der Waals surface area contributed by atoms with E-state index in [-0.39, 0.29) is 5.92 Å². The van der Waals surface area contributed by atoms with Crippen LogP contribution in [0.3, 0.4) is 0 Å². The van der Waals surface area contributed by atoms with Crippen molar-refractivity contribution in [3.8, 4) is 11.1 Å². The molecule has 4 heterocycles. The fraction of sp³-hybridized carbons (Fsp3) is 0.481. The van der Waals surface area contributed by atoms with Gasteiger partial charge >= 0.3 is 0 Å². The molecule has 178 valence electrons. The number of piperazine rings is 2. The first-order chi connectivity index (χ1) is 18.6. The molecule has 0 bridgehead atoms. The zero-order valence-electron chi connectivity index (χ0n) is 24.4. The van der Waals surface area contributed by atoms with Gasteiger partial charge in [0.1, 0.15) is 0 Å². The number of amides is 1. The van der Waals surface area contributed by atoms with Crippen molar-refractivity contribution in [1.29, 1.82) is 0 Å². The zero-order chi connectivity index (χ0) is 27.4. The molecule has 3 aliphatic rings. The molecule has 0 N–H and O–H groups in total. The number of carbonyl (C=O) groups excluding carboxylic acids is 1. The van der Waals surface area contributed by atoms with Crippen LogP contribution >= 0.6 is 0 Å². The number of hydrogen-bond acceptors (Lipinski definition) is 5. The van der Waals surface area contributed by atoms with Gasteiger partial charge in [-0.3, -0.25) is 4.79 Å². The molecule has 2 aromatic heterocycles. The maximum atomic E-state index is 12.4. The number of hydrogen-bond donors (Lipinski definition) is 0. The number of benzene rings is 1. The van der Waals surface area contributed by atoms with Crippen LogP contribution in [0.15, 0.2) is 48.8 Å². The first-order valence-electron chi connectivity index (χ1n) is 14.7. The van der Waals surface area contributed by atoms with Crippen molar-refractivity contribution in [2.45, 2.75) is 19.7 Å². The predicted molar refractivity (Wildman–Crippen MR) is 136 cm³/mol. The largest absolute Gasteiger partial charge is 0.369 e. The van der Waals surface area contributed by atoms with Crippen molar-refractivity contribution in [3.63, 3.8) is 0 Å². The highest BCUT2D eigenvalue weighted by molar-refractivity contribution is 5.82. The van der Waals surface area contributed by atoms with Crippen LogP contribution in [0.5, 0.6) is 0 Å². The molecule has 34 heavy (non-hydrogen) atoms. The highest BCUT2D eigenvalue weighted by Gasteiger charge is 2.34. The third-order valence-electron chi connectivity index (χ3n) is 7.35. The second-order valence-corrected chi connectivity index (χ2v) is 9.49. The second kappa shape index (κ2) is 8.95. The van der Waals surface area contributed by atoms with Crippen molar-refractivity contribution in [2.24, 2.45) is 5.92 Å². The Morgan fingerprint density at radius 1 is 0.971 bits per heavy atom. The zero-order valence-corrected chi connectivity index (χ0v) is 19.4. The molecule has 2 aliphatic heterocycles. The summed E-state index contributed by atoms with van der Waals surface area (Å²) in [6.07, 6.45) is 5.95. The van der Waals surface area contributed by atoms with Crippen molar-refractivity contribution in [3.05, 3.63) is 48.8 Å². The van der Waals surface area contributed by atoms with Crippen LogP contribution in [0, 0.1) is 5.92 Å². The van der Waals surface area contributed by atoms with Gasteiger partial charge in [-0.2, -0.15) is 5.10 Å². The van der Waals surface area contributed by atoms with E-state index in [4.69, 9.17) is 6.85 Å². The summed E-state index contributed by atoms with van der Waals surface area (Å²) >= 11 is 0. The van der Waals surface area contributed by atoms with Gasteiger partial charge in [0.15, 0.2) is 0 Å². The highest BCUT2D eigenvalue weighted by Crippen LogP contribution is 2.33. The van der Waals surface area contributed by atoms with E-state index in [1.165, 1.54) is 4.90 Å². The van der Waals surface area contributed by atoms with Crippen LogP contribution < -0.4 is 9.80 Å². The van der Waals surface area contributed by atoms with Crippen molar-refractivity contribution < 1.29 is 11.6 Å². The molecule has 1 amide bonds. The molecule has 6 rings (SSSR count). The Labute approximate surface area is 208 Å². The smallest absolute Gasteiger partial charge is 0.225 e. The quantitative estimate of drug-likeness (QED) is 0.582. The molecule has 0 unspecified atom stereocenters. The van der Waals surface area contributed by atoms with Gasteiger partial charge in [-0.25, -0.2) is 4.52 Å². The van der Waals surface area contributed by atoms with Gasteiger partial charge in [0.2, 0.25) is 5.91 Å². The summed E-state index contributed by atoms with van der Waals surface area (Å²) in [6, 6.07) is 12.5. The summed E-state index contributed by atoms with van der Waals surface area (Å²) in [5.41, 5.74) is 5.35. The number of nitrogens with zero attached hydrogens (tertiary/aromatic N) is 6. The summed E-state index contributed by atoms with van der Waals surface area (Å²) < 4.78 is 40.5. The molecule has 7 nitrogen and oxygen atoms in total. The van der Waals surface area contributed by atoms with Gasteiger partial charge in [-0.05, 0) is 49.2 Å². The monoisotopic (exact) mass is 463 g/mol. The number of anilines is 2. The predicted octanol–water partition coefficient (Wildman–Crippen LogP) is 3.20. The molecule has 1 saturated carbocycles. The average Bonchev–Trinajstić information content (AvgIpc) is 3.70. The first-order valence-corrected chi connectivity index (χ1v) is 12.2. The molecule has 2 saturated heterocycles. The molecule has 0 atom stereocenters. The summed E-state index contributed by atoms with van der Waals surface area (Å²) in [5, 5.41) is 4.53.